The van der Waals surface area contributed by atoms with Gasteiger partial charge in [0.15, 0.2) is 0 Å². The molecule has 0 bridgehead atoms. The van der Waals surface area contributed by atoms with E-state index in [-0.39, 0.29) is 5.97 Å². The molecule has 0 amide bonds. The van der Waals surface area contributed by atoms with Crippen LogP contribution in [0.25, 0.3) is 0 Å². The smallest absolute Gasteiger partial charge is 0.343 e. The zero-order chi connectivity index (χ0) is 15.1. The number of benzene rings is 2. The van der Waals surface area contributed by atoms with Gasteiger partial charge in [0.1, 0.15) is 5.75 Å². The van der Waals surface area contributed by atoms with Crippen LogP contribution < -0.4 is 4.74 Å². The van der Waals surface area contributed by atoms with Crippen LogP contribution in [-0.2, 0) is 11.8 Å². The molecule has 0 unspecified atom stereocenters. The van der Waals surface area contributed by atoms with E-state index in [4.69, 9.17) is 4.74 Å². The predicted octanol–water partition coefficient (Wildman–Crippen LogP) is 5.14. The summed E-state index contributed by atoms with van der Waals surface area (Å²) in [4.78, 5) is 12.2. The first-order valence-electron chi connectivity index (χ1n) is 7.19. The number of ether oxygens (including phenoxy) is 1. The molecule has 0 aliphatic carbocycles. The second-order valence-corrected chi connectivity index (χ2v) is 5.48. The van der Waals surface area contributed by atoms with Crippen LogP contribution in [0.4, 0.5) is 0 Å². The summed E-state index contributed by atoms with van der Waals surface area (Å²) in [5, 5.41) is 0.749. The van der Waals surface area contributed by atoms with Crippen LogP contribution in [0, 0.1) is 0 Å². The van der Waals surface area contributed by atoms with Gasteiger partial charge >= 0.3 is 5.97 Å². The van der Waals surface area contributed by atoms with Gasteiger partial charge in [0.25, 0.3) is 0 Å². The molecule has 0 fully saturated rings. The Hall–Kier alpha value is -1.61. The van der Waals surface area contributed by atoms with Gasteiger partial charge in [-0.1, -0.05) is 53.5 Å². The summed E-state index contributed by atoms with van der Waals surface area (Å²) in [6.45, 7) is 2.18. The van der Waals surface area contributed by atoms with Crippen LogP contribution in [0.5, 0.6) is 5.75 Å². The van der Waals surface area contributed by atoms with Crippen molar-refractivity contribution in [1.29, 1.82) is 0 Å². The molecule has 0 heterocycles. The lowest BCUT2D eigenvalue weighted by atomic mass is 10.0. The molecule has 2 rings (SSSR count). The fraction of sp³-hybridized carbons (Fsp3) is 0.278. The van der Waals surface area contributed by atoms with Gasteiger partial charge in [-0.05, 0) is 48.2 Å². The third-order valence-corrected chi connectivity index (χ3v) is 3.94. The minimum atomic E-state index is -0.314. The third kappa shape index (κ3) is 4.43. The van der Waals surface area contributed by atoms with Gasteiger partial charge < -0.3 is 4.74 Å². The second-order valence-electron chi connectivity index (χ2n) is 4.92. The van der Waals surface area contributed by atoms with E-state index in [0.29, 0.717) is 11.3 Å². The van der Waals surface area contributed by atoms with E-state index < -0.39 is 0 Å². The van der Waals surface area contributed by atoms with Crippen LogP contribution in [0.3, 0.4) is 0 Å². The van der Waals surface area contributed by atoms with Gasteiger partial charge in [0.05, 0.1) is 5.56 Å². The second kappa shape index (κ2) is 7.99. The summed E-state index contributed by atoms with van der Waals surface area (Å²) in [6.07, 6.45) is 3.37. The van der Waals surface area contributed by atoms with Crippen molar-refractivity contribution in [3.05, 3.63) is 65.2 Å². The molecule has 2 aromatic carbocycles. The summed E-state index contributed by atoms with van der Waals surface area (Å²) in [7, 11) is 0. The Labute approximate surface area is 134 Å². The van der Waals surface area contributed by atoms with E-state index in [2.05, 4.69) is 22.9 Å². The Bertz CT molecular complexity index is 593. The highest BCUT2D eigenvalue weighted by Crippen LogP contribution is 2.19. The molecule has 3 heteroatoms. The Morgan fingerprint density at radius 3 is 2.52 bits per heavy atom. The minimum Gasteiger partial charge on any atom is -0.423 e. The molecule has 0 aliphatic heterocycles. The molecule has 2 aromatic rings. The predicted molar refractivity (Wildman–Crippen MR) is 89.1 cm³/mol. The van der Waals surface area contributed by atoms with Gasteiger partial charge in [-0.2, -0.15) is 0 Å². The van der Waals surface area contributed by atoms with Crippen molar-refractivity contribution >= 4 is 21.9 Å². The van der Waals surface area contributed by atoms with E-state index in [9.17, 15) is 4.79 Å². The van der Waals surface area contributed by atoms with Gasteiger partial charge in [0, 0.05) is 5.33 Å². The molecule has 110 valence electrons. The topological polar surface area (TPSA) is 26.3 Å². The highest BCUT2D eigenvalue weighted by molar-refractivity contribution is 9.08. The standard InChI is InChI=1S/C18H19BrO2/c1-2-3-7-14-10-11-15(12-16(14)13-19)18(20)21-17-8-5-4-6-9-17/h4-6,8-12H,2-3,7,13H2,1H3. The molecule has 2 nitrogen and oxygen atoms in total. The van der Waals surface area contributed by atoms with Gasteiger partial charge in [0.2, 0.25) is 0 Å². The van der Waals surface area contributed by atoms with E-state index in [1.807, 2.05) is 36.4 Å². The number of hydrogen-bond donors (Lipinski definition) is 0. The number of hydrogen-bond acceptors (Lipinski definition) is 2. The molecule has 0 spiro atoms. The fourth-order valence-corrected chi connectivity index (χ4v) is 2.66. The van der Waals surface area contributed by atoms with Crippen molar-refractivity contribution < 1.29 is 9.53 Å². The molecule has 0 saturated heterocycles. The molecule has 0 atom stereocenters. The number of para-hydroxylation sites is 1. The number of carbonyl (C=O) groups is 1. The lowest BCUT2D eigenvalue weighted by Crippen LogP contribution is -2.09. The van der Waals surface area contributed by atoms with Crippen molar-refractivity contribution in [3.8, 4) is 5.75 Å². The van der Waals surface area contributed by atoms with Crippen LogP contribution in [0.1, 0.15) is 41.3 Å². The largest absolute Gasteiger partial charge is 0.423 e. The maximum Gasteiger partial charge on any atom is 0.343 e. The Morgan fingerprint density at radius 1 is 1.10 bits per heavy atom. The van der Waals surface area contributed by atoms with E-state index in [1.54, 1.807) is 12.1 Å². The number of esters is 1. The average molecular weight is 347 g/mol. The van der Waals surface area contributed by atoms with Crippen LogP contribution >= 0.6 is 15.9 Å². The zero-order valence-electron chi connectivity index (χ0n) is 12.1. The average Bonchev–Trinajstić information content (AvgIpc) is 2.53. The van der Waals surface area contributed by atoms with E-state index >= 15 is 0 Å². The number of unbranched alkanes of at least 4 members (excludes halogenated alkanes) is 1. The summed E-state index contributed by atoms with van der Waals surface area (Å²) in [5.41, 5.74) is 3.05. The van der Waals surface area contributed by atoms with Crippen LogP contribution in [0.15, 0.2) is 48.5 Å². The first-order chi connectivity index (χ1) is 10.2. The Balaban J connectivity index is 2.14. The molecular weight excluding hydrogens is 328 g/mol. The van der Waals surface area contributed by atoms with Crippen molar-refractivity contribution in [3.63, 3.8) is 0 Å². The van der Waals surface area contributed by atoms with Crippen molar-refractivity contribution in [2.75, 3.05) is 0 Å². The highest BCUT2D eigenvalue weighted by atomic mass is 79.9. The van der Waals surface area contributed by atoms with Crippen molar-refractivity contribution in [2.24, 2.45) is 0 Å². The quantitative estimate of drug-likeness (QED) is 0.411. The lowest BCUT2D eigenvalue weighted by Gasteiger charge is -2.10. The number of halogens is 1. The summed E-state index contributed by atoms with van der Waals surface area (Å²) in [5.74, 6) is 0.253. The van der Waals surface area contributed by atoms with Crippen molar-refractivity contribution in [1.82, 2.24) is 0 Å². The van der Waals surface area contributed by atoms with Crippen LogP contribution in [-0.4, -0.2) is 5.97 Å². The first kappa shape index (κ1) is 15.8. The summed E-state index contributed by atoms with van der Waals surface area (Å²) >= 11 is 3.50. The first-order valence-corrected chi connectivity index (χ1v) is 8.31. The number of alkyl halides is 1. The summed E-state index contributed by atoms with van der Waals surface area (Å²) in [6, 6.07) is 14.9. The number of rotatable bonds is 6. The number of carbonyl (C=O) groups excluding carboxylic acids is 1. The number of aryl methyl sites for hydroxylation is 1. The molecule has 0 radical (unpaired) electrons. The molecule has 0 aliphatic rings. The monoisotopic (exact) mass is 346 g/mol. The SMILES string of the molecule is CCCCc1ccc(C(=O)Oc2ccccc2)cc1CBr. The Kier molecular flexibility index (Phi) is 6.00. The Morgan fingerprint density at radius 2 is 1.86 bits per heavy atom. The molecule has 0 saturated carbocycles. The maximum atomic E-state index is 12.2. The summed E-state index contributed by atoms with van der Waals surface area (Å²) < 4.78 is 5.37. The van der Waals surface area contributed by atoms with E-state index in [0.717, 1.165) is 23.7 Å². The fourth-order valence-electron chi connectivity index (χ4n) is 2.14. The van der Waals surface area contributed by atoms with Gasteiger partial charge in [-0.15, -0.1) is 0 Å². The highest BCUT2D eigenvalue weighted by Gasteiger charge is 2.11. The minimum absolute atomic E-state index is 0.314. The van der Waals surface area contributed by atoms with Gasteiger partial charge in [-0.25, -0.2) is 4.79 Å². The zero-order valence-corrected chi connectivity index (χ0v) is 13.7. The molecule has 0 N–H and O–H groups in total. The van der Waals surface area contributed by atoms with Gasteiger partial charge in [-0.3, -0.25) is 0 Å². The normalized spacial score (nSPS) is 10.4. The molecule has 21 heavy (non-hydrogen) atoms. The molecule has 0 aromatic heterocycles. The van der Waals surface area contributed by atoms with E-state index in [1.165, 1.54) is 12.0 Å². The van der Waals surface area contributed by atoms with Crippen LogP contribution in [0.2, 0.25) is 0 Å². The third-order valence-electron chi connectivity index (χ3n) is 3.34. The maximum absolute atomic E-state index is 12.2. The molecular formula is C18H19BrO2. The van der Waals surface area contributed by atoms with Crippen molar-refractivity contribution in [2.45, 2.75) is 31.5 Å². The lowest BCUT2D eigenvalue weighted by molar-refractivity contribution is 0.0734.